The highest BCUT2D eigenvalue weighted by atomic mass is 14.1. The van der Waals surface area contributed by atoms with Crippen LogP contribution < -0.4 is 0 Å². The van der Waals surface area contributed by atoms with E-state index >= 15 is 0 Å². The van der Waals surface area contributed by atoms with E-state index in [1.807, 2.05) is 0 Å². The molecule has 110 valence electrons. The monoisotopic (exact) mass is 254 g/mol. The van der Waals surface area contributed by atoms with Crippen molar-refractivity contribution in [1.29, 1.82) is 0 Å². The highest BCUT2D eigenvalue weighted by Crippen LogP contribution is 2.22. The van der Waals surface area contributed by atoms with Gasteiger partial charge in [-0.2, -0.15) is 0 Å². The molecule has 0 saturated heterocycles. The summed E-state index contributed by atoms with van der Waals surface area (Å²) in [6.07, 6.45) is 17.3. The Morgan fingerprint density at radius 2 is 1.00 bits per heavy atom. The second-order valence-corrected chi connectivity index (χ2v) is 6.50. The van der Waals surface area contributed by atoms with E-state index in [0.29, 0.717) is 0 Å². The van der Waals surface area contributed by atoms with Crippen LogP contribution in [0.2, 0.25) is 0 Å². The third-order valence-corrected chi connectivity index (χ3v) is 4.16. The Hall–Kier alpha value is 0. The van der Waals surface area contributed by atoms with Gasteiger partial charge in [0.05, 0.1) is 0 Å². The van der Waals surface area contributed by atoms with Crippen molar-refractivity contribution in [2.75, 3.05) is 0 Å². The van der Waals surface area contributed by atoms with E-state index in [2.05, 4.69) is 27.7 Å². The highest BCUT2D eigenvalue weighted by Gasteiger charge is 2.08. The second-order valence-electron chi connectivity index (χ2n) is 6.50. The van der Waals surface area contributed by atoms with E-state index in [-0.39, 0.29) is 0 Å². The maximum atomic E-state index is 2.46. The molecule has 2 unspecified atom stereocenters. The molecule has 0 aliphatic heterocycles. The van der Waals surface area contributed by atoms with Crippen molar-refractivity contribution in [3.05, 3.63) is 0 Å². The third kappa shape index (κ3) is 12.5. The minimum Gasteiger partial charge on any atom is -0.0654 e. The number of hydrogen-bond acceptors (Lipinski definition) is 0. The van der Waals surface area contributed by atoms with Gasteiger partial charge in [0.1, 0.15) is 0 Å². The van der Waals surface area contributed by atoms with E-state index in [0.717, 1.165) is 11.8 Å². The van der Waals surface area contributed by atoms with Crippen LogP contribution in [0.4, 0.5) is 0 Å². The Balaban J connectivity index is 3.28. The van der Waals surface area contributed by atoms with Crippen LogP contribution in [0.15, 0.2) is 0 Å². The molecule has 0 saturated carbocycles. The predicted molar refractivity (Wildman–Crippen MR) is 85.1 cm³/mol. The standard InChI is InChI=1S/C18H38/c1-5-7-9-10-11-12-13-15-18(4)16-17(3)14-8-6-2/h17-18H,5-16H2,1-4H3. The summed E-state index contributed by atoms with van der Waals surface area (Å²) < 4.78 is 0. The first kappa shape index (κ1) is 18.0. The summed E-state index contributed by atoms with van der Waals surface area (Å²) in [4.78, 5) is 0. The molecule has 0 spiro atoms. The number of hydrogen-bond donors (Lipinski definition) is 0. The second kappa shape index (κ2) is 13.4. The SMILES string of the molecule is CCCCCCCCCC(C)CC(C)CCCC. The fraction of sp³-hybridized carbons (Fsp3) is 1.00. The molecular weight excluding hydrogens is 216 g/mol. The molecule has 18 heavy (non-hydrogen) atoms. The molecule has 0 aliphatic rings. The fourth-order valence-corrected chi connectivity index (χ4v) is 2.93. The van der Waals surface area contributed by atoms with Crippen LogP contribution in [0.25, 0.3) is 0 Å². The third-order valence-electron chi connectivity index (χ3n) is 4.16. The average molecular weight is 255 g/mol. The van der Waals surface area contributed by atoms with E-state index in [4.69, 9.17) is 0 Å². The number of unbranched alkanes of at least 4 members (excludes halogenated alkanes) is 7. The van der Waals surface area contributed by atoms with E-state index in [1.54, 1.807) is 0 Å². The summed E-state index contributed by atoms with van der Waals surface area (Å²) in [6.45, 7) is 9.49. The van der Waals surface area contributed by atoms with Gasteiger partial charge in [0.25, 0.3) is 0 Å². The van der Waals surface area contributed by atoms with Crippen LogP contribution in [-0.4, -0.2) is 0 Å². The van der Waals surface area contributed by atoms with Gasteiger partial charge in [-0.1, -0.05) is 98.3 Å². The predicted octanol–water partition coefficient (Wildman–Crippen LogP) is 6.98. The van der Waals surface area contributed by atoms with Crippen LogP contribution in [0, 0.1) is 11.8 Å². The summed E-state index contributed by atoms with van der Waals surface area (Å²) in [5, 5.41) is 0. The van der Waals surface area contributed by atoms with E-state index < -0.39 is 0 Å². The lowest BCUT2D eigenvalue weighted by Crippen LogP contribution is -2.03. The van der Waals surface area contributed by atoms with Crippen LogP contribution in [0.3, 0.4) is 0 Å². The molecule has 0 bridgehead atoms. The molecule has 0 heterocycles. The Labute approximate surface area is 117 Å². The van der Waals surface area contributed by atoms with Gasteiger partial charge >= 0.3 is 0 Å². The maximum Gasteiger partial charge on any atom is -0.0440 e. The van der Waals surface area contributed by atoms with Crippen LogP contribution in [0.5, 0.6) is 0 Å². The molecule has 0 heteroatoms. The quantitative estimate of drug-likeness (QED) is 0.311. The van der Waals surface area contributed by atoms with Gasteiger partial charge in [0.15, 0.2) is 0 Å². The largest absolute Gasteiger partial charge is 0.0654 e. The zero-order valence-corrected chi connectivity index (χ0v) is 13.6. The molecule has 0 nitrogen and oxygen atoms in total. The molecule has 2 atom stereocenters. The zero-order valence-electron chi connectivity index (χ0n) is 13.6. The first-order valence-electron chi connectivity index (χ1n) is 8.70. The van der Waals surface area contributed by atoms with Gasteiger partial charge in [-0.15, -0.1) is 0 Å². The van der Waals surface area contributed by atoms with E-state index in [9.17, 15) is 0 Å². The van der Waals surface area contributed by atoms with Gasteiger partial charge in [-0.3, -0.25) is 0 Å². The minimum atomic E-state index is 0.949. The van der Waals surface area contributed by atoms with Gasteiger partial charge in [-0.25, -0.2) is 0 Å². The molecule has 0 aromatic carbocycles. The fourth-order valence-electron chi connectivity index (χ4n) is 2.93. The zero-order chi connectivity index (χ0) is 13.6. The molecule has 0 aliphatic carbocycles. The lowest BCUT2D eigenvalue weighted by molar-refractivity contribution is 0.359. The topological polar surface area (TPSA) is 0 Å². The molecule has 0 N–H and O–H groups in total. The first-order chi connectivity index (χ1) is 8.70. The number of rotatable bonds is 13. The van der Waals surface area contributed by atoms with Crippen LogP contribution in [0.1, 0.15) is 105 Å². The Morgan fingerprint density at radius 3 is 1.56 bits per heavy atom. The van der Waals surface area contributed by atoms with Crippen LogP contribution in [-0.2, 0) is 0 Å². The van der Waals surface area contributed by atoms with Crippen molar-refractivity contribution >= 4 is 0 Å². The molecule has 0 aromatic heterocycles. The van der Waals surface area contributed by atoms with Crippen molar-refractivity contribution < 1.29 is 0 Å². The summed E-state index contributed by atoms with van der Waals surface area (Å²) >= 11 is 0. The molecule has 0 amide bonds. The lowest BCUT2D eigenvalue weighted by Gasteiger charge is -2.16. The van der Waals surface area contributed by atoms with Crippen molar-refractivity contribution in [3.63, 3.8) is 0 Å². The molecular formula is C18H38. The summed E-state index contributed by atoms with van der Waals surface area (Å²) in [5.74, 6) is 1.90. The normalized spacial score (nSPS) is 14.7. The summed E-state index contributed by atoms with van der Waals surface area (Å²) in [7, 11) is 0. The average Bonchev–Trinajstić information content (AvgIpc) is 2.35. The van der Waals surface area contributed by atoms with Crippen molar-refractivity contribution in [3.8, 4) is 0 Å². The summed E-state index contributed by atoms with van der Waals surface area (Å²) in [6, 6.07) is 0. The Morgan fingerprint density at radius 1 is 0.556 bits per heavy atom. The van der Waals surface area contributed by atoms with Gasteiger partial charge in [0, 0.05) is 0 Å². The first-order valence-corrected chi connectivity index (χ1v) is 8.70. The lowest BCUT2D eigenvalue weighted by atomic mass is 9.90. The molecule has 0 radical (unpaired) electrons. The van der Waals surface area contributed by atoms with E-state index in [1.165, 1.54) is 77.0 Å². The Kier molecular flexibility index (Phi) is 13.4. The van der Waals surface area contributed by atoms with Gasteiger partial charge in [-0.05, 0) is 18.3 Å². The van der Waals surface area contributed by atoms with Crippen molar-refractivity contribution in [2.45, 2.75) is 105 Å². The van der Waals surface area contributed by atoms with Crippen LogP contribution >= 0.6 is 0 Å². The van der Waals surface area contributed by atoms with Crippen molar-refractivity contribution in [2.24, 2.45) is 11.8 Å². The molecule has 0 rings (SSSR count). The maximum absolute atomic E-state index is 2.46. The minimum absolute atomic E-state index is 0.949. The van der Waals surface area contributed by atoms with Crippen molar-refractivity contribution in [1.82, 2.24) is 0 Å². The van der Waals surface area contributed by atoms with Gasteiger partial charge in [0.2, 0.25) is 0 Å². The van der Waals surface area contributed by atoms with Gasteiger partial charge < -0.3 is 0 Å². The molecule has 0 fully saturated rings. The molecule has 0 aromatic rings. The smallest absolute Gasteiger partial charge is 0.0440 e. The Bertz CT molecular complexity index is 150. The summed E-state index contributed by atoms with van der Waals surface area (Å²) in [5.41, 5.74) is 0. The highest BCUT2D eigenvalue weighted by molar-refractivity contribution is 4.60.